The Hall–Kier alpha value is -2.01. The molecule has 21 heavy (non-hydrogen) atoms. The minimum Gasteiger partial charge on any atom is -0.489 e. The van der Waals surface area contributed by atoms with E-state index in [2.05, 4.69) is 16.5 Å². The molecule has 0 amide bonds. The molecule has 0 fully saturated rings. The summed E-state index contributed by atoms with van der Waals surface area (Å²) in [7, 11) is 0. The van der Waals surface area contributed by atoms with E-state index >= 15 is 0 Å². The fourth-order valence-electron chi connectivity index (χ4n) is 2.52. The van der Waals surface area contributed by atoms with E-state index in [0.29, 0.717) is 4.77 Å². The second kappa shape index (κ2) is 5.41. The molecule has 0 aliphatic carbocycles. The van der Waals surface area contributed by atoms with E-state index in [1.807, 2.05) is 44.2 Å². The van der Waals surface area contributed by atoms with Crippen molar-refractivity contribution in [1.82, 2.24) is 9.55 Å². The van der Waals surface area contributed by atoms with Crippen molar-refractivity contribution in [2.24, 2.45) is 0 Å². The molecule has 2 aromatic heterocycles. The average Bonchev–Trinajstić information content (AvgIpc) is 3.05. The lowest BCUT2D eigenvalue weighted by Gasteiger charge is -2.13. The zero-order valence-electron chi connectivity index (χ0n) is 12.3. The maximum atomic E-state index is 5.85. The zero-order chi connectivity index (χ0) is 15.0. The van der Waals surface area contributed by atoms with Crippen molar-refractivity contribution in [3.05, 3.63) is 47.1 Å². The molecule has 2 heterocycles. The Morgan fingerprint density at radius 1 is 1.19 bits per heavy atom. The van der Waals surface area contributed by atoms with Gasteiger partial charge in [0.05, 0.1) is 23.9 Å². The zero-order valence-corrected chi connectivity index (χ0v) is 13.1. The van der Waals surface area contributed by atoms with Gasteiger partial charge < -0.3 is 18.7 Å². The van der Waals surface area contributed by atoms with E-state index in [1.165, 1.54) is 0 Å². The Balaban J connectivity index is 2.16. The van der Waals surface area contributed by atoms with Crippen LogP contribution in [-0.2, 0) is 0 Å². The van der Waals surface area contributed by atoms with Crippen LogP contribution in [0, 0.1) is 4.77 Å². The lowest BCUT2D eigenvalue weighted by atomic mass is 10.2. The molecule has 0 spiro atoms. The van der Waals surface area contributed by atoms with Gasteiger partial charge in [-0.05, 0) is 57.3 Å². The van der Waals surface area contributed by atoms with Gasteiger partial charge in [0.2, 0.25) is 0 Å². The minimum atomic E-state index is 0.0237. The maximum Gasteiger partial charge on any atom is 0.178 e. The van der Waals surface area contributed by atoms with Crippen LogP contribution in [0.2, 0.25) is 0 Å². The normalized spacial score (nSPS) is 13.0. The number of hydrogen-bond donors (Lipinski definition) is 1. The Kier molecular flexibility index (Phi) is 3.59. The molecule has 1 atom stereocenters. The molecule has 1 unspecified atom stereocenters. The minimum absolute atomic E-state index is 0.0237. The molecular formula is C16H18N2O2S. The van der Waals surface area contributed by atoms with Crippen molar-refractivity contribution in [2.75, 3.05) is 0 Å². The monoisotopic (exact) mass is 302 g/mol. The first-order valence-electron chi connectivity index (χ1n) is 7.01. The number of benzene rings is 1. The number of nitrogens with one attached hydrogen (secondary N) is 1. The van der Waals surface area contributed by atoms with Crippen LogP contribution in [-0.4, -0.2) is 15.7 Å². The van der Waals surface area contributed by atoms with Gasteiger partial charge in [0, 0.05) is 0 Å². The van der Waals surface area contributed by atoms with Crippen LogP contribution in [0.1, 0.15) is 32.6 Å². The number of fused-ring (bicyclic) bond motifs is 1. The van der Waals surface area contributed by atoms with Gasteiger partial charge in [-0.3, -0.25) is 0 Å². The van der Waals surface area contributed by atoms with E-state index in [0.717, 1.165) is 22.5 Å². The van der Waals surface area contributed by atoms with Crippen LogP contribution in [0.3, 0.4) is 0 Å². The summed E-state index contributed by atoms with van der Waals surface area (Å²) in [5.74, 6) is 1.70. The topological polar surface area (TPSA) is 43.1 Å². The molecule has 3 aromatic rings. The average molecular weight is 302 g/mol. The van der Waals surface area contributed by atoms with Gasteiger partial charge >= 0.3 is 0 Å². The van der Waals surface area contributed by atoms with Crippen molar-refractivity contribution in [3.8, 4) is 5.75 Å². The largest absolute Gasteiger partial charge is 0.489 e. The number of furan rings is 1. The first-order valence-corrected chi connectivity index (χ1v) is 7.42. The number of aromatic amines is 1. The summed E-state index contributed by atoms with van der Waals surface area (Å²) >= 11 is 5.49. The van der Waals surface area contributed by atoms with Crippen molar-refractivity contribution >= 4 is 23.3 Å². The number of H-pyrrole nitrogens is 1. The number of para-hydroxylation sites is 1. The Morgan fingerprint density at radius 3 is 2.67 bits per heavy atom. The molecule has 0 aliphatic rings. The van der Waals surface area contributed by atoms with Gasteiger partial charge in [-0.2, -0.15) is 0 Å². The molecule has 0 bridgehead atoms. The van der Waals surface area contributed by atoms with E-state index in [-0.39, 0.29) is 12.1 Å². The maximum absolute atomic E-state index is 5.85. The van der Waals surface area contributed by atoms with Gasteiger partial charge in [-0.15, -0.1) is 0 Å². The SMILES string of the molecule is CC(C)Oc1cccc2c1[nH]c(=S)n2C(C)c1ccco1. The van der Waals surface area contributed by atoms with Crippen LogP contribution in [0.5, 0.6) is 5.75 Å². The van der Waals surface area contributed by atoms with Gasteiger partial charge in [0.1, 0.15) is 17.0 Å². The molecule has 1 aromatic carbocycles. The second-order valence-electron chi connectivity index (χ2n) is 5.31. The van der Waals surface area contributed by atoms with Crippen molar-refractivity contribution in [3.63, 3.8) is 0 Å². The molecule has 0 aliphatic heterocycles. The smallest absolute Gasteiger partial charge is 0.178 e. The molecule has 5 heteroatoms. The van der Waals surface area contributed by atoms with Crippen molar-refractivity contribution in [1.29, 1.82) is 0 Å². The summed E-state index contributed by atoms with van der Waals surface area (Å²) < 4.78 is 14.1. The quantitative estimate of drug-likeness (QED) is 0.711. The molecule has 110 valence electrons. The summed E-state index contributed by atoms with van der Waals surface area (Å²) in [5.41, 5.74) is 1.94. The third-order valence-electron chi connectivity index (χ3n) is 3.42. The highest BCUT2D eigenvalue weighted by Crippen LogP contribution is 2.30. The molecule has 0 saturated heterocycles. The fourth-order valence-corrected chi connectivity index (χ4v) is 2.87. The Labute approximate surface area is 128 Å². The van der Waals surface area contributed by atoms with Crippen LogP contribution >= 0.6 is 12.2 Å². The highest BCUT2D eigenvalue weighted by Gasteiger charge is 2.17. The number of rotatable bonds is 4. The predicted octanol–water partition coefficient (Wildman–Crippen LogP) is 4.69. The van der Waals surface area contributed by atoms with Gasteiger partial charge in [-0.25, -0.2) is 0 Å². The van der Waals surface area contributed by atoms with Crippen LogP contribution in [0.4, 0.5) is 0 Å². The summed E-state index contributed by atoms with van der Waals surface area (Å²) in [5, 5.41) is 0. The number of ether oxygens (including phenoxy) is 1. The fraction of sp³-hybridized carbons (Fsp3) is 0.312. The summed E-state index contributed by atoms with van der Waals surface area (Å²) in [6.07, 6.45) is 1.79. The van der Waals surface area contributed by atoms with Gasteiger partial charge in [0.25, 0.3) is 0 Å². The molecule has 4 nitrogen and oxygen atoms in total. The molecule has 0 saturated carbocycles. The lowest BCUT2D eigenvalue weighted by Crippen LogP contribution is -2.07. The third-order valence-corrected chi connectivity index (χ3v) is 3.72. The number of imidazole rings is 1. The summed E-state index contributed by atoms with van der Waals surface area (Å²) in [4.78, 5) is 3.25. The molecular weight excluding hydrogens is 284 g/mol. The van der Waals surface area contributed by atoms with Crippen LogP contribution in [0.15, 0.2) is 41.0 Å². The van der Waals surface area contributed by atoms with E-state index in [4.69, 9.17) is 21.4 Å². The highest BCUT2D eigenvalue weighted by atomic mass is 32.1. The standard InChI is InChI=1S/C16H18N2O2S/c1-10(2)20-14-7-4-6-12-15(14)17-16(21)18(12)11(3)13-8-5-9-19-13/h4-11H,1-3H3,(H,17,21). The third kappa shape index (κ3) is 2.49. The number of aromatic nitrogens is 2. The highest BCUT2D eigenvalue weighted by molar-refractivity contribution is 7.71. The van der Waals surface area contributed by atoms with E-state index in [9.17, 15) is 0 Å². The second-order valence-corrected chi connectivity index (χ2v) is 5.70. The molecule has 3 rings (SSSR count). The van der Waals surface area contributed by atoms with E-state index in [1.54, 1.807) is 6.26 Å². The summed E-state index contributed by atoms with van der Waals surface area (Å²) in [6.45, 7) is 6.09. The first kappa shape index (κ1) is 13.9. The van der Waals surface area contributed by atoms with Gasteiger partial charge in [-0.1, -0.05) is 6.07 Å². The van der Waals surface area contributed by atoms with Gasteiger partial charge in [0.15, 0.2) is 4.77 Å². The van der Waals surface area contributed by atoms with Crippen LogP contribution < -0.4 is 4.74 Å². The van der Waals surface area contributed by atoms with Crippen molar-refractivity contribution in [2.45, 2.75) is 32.9 Å². The molecule has 1 N–H and O–H groups in total. The van der Waals surface area contributed by atoms with E-state index < -0.39 is 0 Å². The Morgan fingerprint density at radius 2 is 2.00 bits per heavy atom. The van der Waals surface area contributed by atoms with Crippen LogP contribution in [0.25, 0.3) is 11.0 Å². The lowest BCUT2D eigenvalue weighted by molar-refractivity contribution is 0.245. The predicted molar refractivity (Wildman–Crippen MR) is 85.4 cm³/mol. The van der Waals surface area contributed by atoms with Crippen molar-refractivity contribution < 1.29 is 9.15 Å². The molecule has 0 radical (unpaired) electrons. The number of nitrogens with zero attached hydrogens (tertiary/aromatic N) is 1. The Bertz CT molecular complexity index is 799. The first-order chi connectivity index (χ1) is 10.1. The number of hydrogen-bond acceptors (Lipinski definition) is 3. The summed E-state index contributed by atoms with van der Waals surface area (Å²) in [6, 6.07) is 9.84.